The molecule has 0 saturated carbocycles. The van der Waals surface area contributed by atoms with Crippen LogP contribution in [0.5, 0.6) is 0 Å². The van der Waals surface area contributed by atoms with Gasteiger partial charge in [-0.15, -0.1) is 0 Å². The first kappa shape index (κ1) is 20.8. The summed E-state index contributed by atoms with van der Waals surface area (Å²) in [7, 11) is 0. The lowest BCUT2D eigenvalue weighted by atomic mass is 9.99. The normalized spacial score (nSPS) is 15.9. The van der Waals surface area contributed by atoms with Crippen LogP contribution in [0.3, 0.4) is 0 Å². The van der Waals surface area contributed by atoms with E-state index < -0.39 is 22.8 Å². The van der Waals surface area contributed by atoms with Gasteiger partial charge in [0.2, 0.25) is 0 Å². The van der Waals surface area contributed by atoms with E-state index in [-0.39, 0.29) is 17.0 Å². The second-order valence-corrected chi connectivity index (χ2v) is 7.48. The number of fused-ring (bicyclic) bond motifs is 1. The minimum Gasteiger partial charge on any atom is -0.354 e. The zero-order valence-electron chi connectivity index (χ0n) is 17.4. The van der Waals surface area contributed by atoms with Gasteiger partial charge < -0.3 is 10.6 Å². The van der Waals surface area contributed by atoms with Crippen molar-refractivity contribution < 1.29 is 19.3 Å². The molecule has 10 nitrogen and oxygen atoms in total. The predicted octanol–water partition coefficient (Wildman–Crippen LogP) is 3.57. The van der Waals surface area contributed by atoms with Gasteiger partial charge in [-0.25, -0.2) is 4.79 Å². The Morgan fingerprint density at radius 1 is 0.882 bits per heavy atom. The zero-order valence-corrected chi connectivity index (χ0v) is 17.4. The lowest BCUT2D eigenvalue weighted by molar-refractivity contribution is -0.384. The van der Waals surface area contributed by atoms with Gasteiger partial charge in [0.25, 0.3) is 17.5 Å². The second kappa shape index (κ2) is 8.10. The maximum Gasteiger partial charge on any atom is 0.348 e. The number of nitrogens with zero attached hydrogens (tertiary/aromatic N) is 2. The van der Waals surface area contributed by atoms with Crippen LogP contribution in [0.1, 0.15) is 16.7 Å². The molecule has 0 atom stereocenters. The molecule has 0 saturated heterocycles. The Labute approximate surface area is 192 Å². The molecule has 34 heavy (non-hydrogen) atoms. The first-order chi connectivity index (χ1) is 16.4. The van der Waals surface area contributed by atoms with Crippen molar-refractivity contribution in [3.63, 3.8) is 0 Å². The van der Waals surface area contributed by atoms with E-state index in [0.29, 0.717) is 33.8 Å². The molecule has 0 aromatic heterocycles. The molecule has 3 N–H and O–H groups in total. The highest BCUT2D eigenvalue weighted by molar-refractivity contribution is 6.51. The van der Waals surface area contributed by atoms with Crippen LogP contribution < -0.4 is 16.0 Å². The number of hydrogen-bond donors (Lipinski definition) is 3. The molecular formula is C24H15N5O5. The van der Waals surface area contributed by atoms with Crippen LogP contribution in [-0.2, 0) is 9.59 Å². The lowest BCUT2D eigenvalue weighted by Gasteiger charge is -2.15. The number of nitro benzene ring substituents is 1. The van der Waals surface area contributed by atoms with Gasteiger partial charge in [-0.3, -0.25) is 25.0 Å². The highest BCUT2D eigenvalue weighted by atomic mass is 16.6. The summed E-state index contributed by atoms with van der Waals surface area (Å²) in [6.07, 6.45) is 0. The molecule has 0 aliphatic carbocycles. The molecule has 2 aliphatic rings. The summed E-state index contributed by atoms with van der Waals surface area (Å²) in [6.45, 7) is 0. The standard InChI is InChI=1S/C24H15N5O5/c30-22-19(17-12-16(29(33)34)10-11-18(17)26-22)20(13-4-2-1-3-5-13)25-15-8-6-14(7-9-15)21-23(31)28-24(32)27-21/h1-12,25H,(H,26,30)(H,28,31,32)/b20-19-. The maximum absolute atomic E-state index is 12.9. The molecule has 10 heteroatoms. The number of nitro groups is 1. The van der Waals surface area contributed by atoms with Crippen LogP contribution in [0.4, 0.5) is 21.9 Å². The summed E-state index contributed by atoms with van der Waals surface area (Å²) >= 11 is 0. The van der Waals surface area contributed by atoms with Crippen LogP contribution in [0.15, 0.2) is 77.8 Å². The molecule has 0 spiro atoms. The van der Waals surface area contributed by atoms with E-state index in [9.17, 15) is 24.5 Å². The van der Waals surface area contributed by atoms with Gasteiger partial charge in [0.15, 0.2) is 0 Å². The first-order valence-electron chi connectivity index (χ1n) is 10.1. The number of aliphatic imine (C=N–C) groups is 1. The second-order valence-electron chi connectivity index (χ2n) is 7.48. The van der Waals surface area contributed by atoms with Crippen LogP contribution in [0, 0.1) is 10.1 Å². The van der Waals surface area contributed by atoms with Gasteiger partial charge in [0.1, 0.15) is 5.71 Å². The van der Waals surface area contributed by atoms with Crippen molar-refractivity contribution in [2.45, 2.75) is 0 Å². The molecule has 0 unspecified atom stereocenters. The van der Waals surface area contributed by atoms with Crippen molar-refractivity contribution >= 4 is 51.9 Å². The monoisotopic (exact) mass is 453 g/mol. The summed E-state index contributed by atoms with van der Waals surface area (Å²) in [6, 6.07) is 19.2. The minimum atomic E-state index is -0.710. The number of rotatable bonds is 5. The topological polar surface area (TPSA) is 143 Å². The Hall–Kier alpha value is -5.12. The molecule has 2 aliphatic heterocycles. The molecular weight excluding hydrogens is 438 g/mol. The molecule has 166 valence electrons. The SMILES string of the molecule is O=C1N=C(c2ccc(N/C(=C3\C(=O)Nc4ccc([N+](=O)[O-])cc43)c3ccccc3)cc2)C(=O)N1. The molecule has 3 aromatic carbocycles. The third kappa shape index (κ3) is 3.69. The molecule has 0 radical (unpaired) electrons. The molecule has 0 bridgehead atoms. The zero-order chi connectivity index (χ0) is 23.8. The van der Waals surface area contributed by atoms with E-state index in [4.69, 9.17) is 0 Å². The van der Waals surface area contributed by atoms with E-state index in [1.165, 1.54) is 18.2 Å². The van der Waals surface area contributed by atoms with Crippen molar-refractivity contribution in [1.82, 2.24) is 5.32 Å². The maximum atomic E-state index is 12.9. The number of carbonyl (C=O) groups is 3. The van der Waals surface area contributed by atoms with Gasteiger partial charge in [-0.1, -0.05) is 42.5 Å². The molecule has 4 amide bonds. The quantitative estimate of drug-likeness (QED) is 0.306. The third-order valence-corrected chi connectivity index (χ3v) is 5.35. The largest absolute Gasteiger partial charge is 0.354 e. The van der Waals surface area contributed by atoms with E-state index in [1.807, 2.05) is 30.3 Å². The lowest BCUT2D eigenvalue weighted by Crippen LogP contribution is -2.25. The summed E-state index contributed by atoms with van der Waals surface area (Å²) < 4.78 is 0. The number of nitrogens with one attached hydrogen (secondary N) is 3. The highest BCUT2D eigenvalue weighted by Crippen LogP contribution is 2.39. The van der Waals surface area contributed by atoms with E-state index >= 15 is 0 Å². The van der Waals surface area contributed by atoms with Gasteiger partial charge in [-0.05, 0) is 23.8 Å². The Bertz CT molecular complexity index is 1440. The van der Waals surface area contributed by atoms with Crippen LogP contribution in [0.2, 0.25) is 0 Å². The summed E-state index contributed by atoms with van der Waals surface area (Å²) in [4.78, 5) is 50.6. The van der Waals surface area contributed by atoms with E-state index in [1.54, 1.807) is 24.3 Å². The van der Waals surface area contributed by atoms with Crippen LogP contribution in [0.25, 0.3) is 11.3 Å². The van der Waals surface area contributed by atoms with Crippen molar-refractivity contribution in [3.05, 3.63) is 99.6 Å². The number of imide groups is 1. The molecule has 3 aromatic rings. The van der Waals surface area contributed by atoms with Crippen molar-refractivity contribution in [2.75, 3.05) is 10.6 Å². The van der Waals surface area contributed by atoms with Crippen molar-refractivity contribution in [3.8, 4) is 0 Å². The molecule has 5 rings (SSSR count). The average Bonchev–Trinajstić information content (AvgIpc) is 3.35. The summed E-state index contributed by atoms with van der Waals surface area (Å²) in [5.41, 5.74) is 3.25. The smallest absolute Gasteiger partial charge is 0.348 e. The fraction of sp³-hybridized carbons (Fsp3) is 0. The Morgan fingerprint density at radius 3 is 2.26 bits per heavy atom. The number of benzene rings is 3. The van der Waals surface area contributed by atoms with Crippen LogP contribution >= 0.6 is 0 Å². The van der Waals surface area contributed by atoms with Gasteiger partial charge in [0.05, 0.1) is 16.2 Å². The Morgan fingerprint density at radius 2 is 1.62 bits per heavy atom. The first-order valence-corrected chi connectivity index (χ1v) is 10.1. The van der Waals surface area contributed by atoms with E-state index in [2.05, 4.69) is 20.9 Å². The van der Waals surface area contributed by atoms with E-state index in [0.717, 1.165) is 0 Å². The number of carbonyl (C=O) groups excluding carboxylic acids is 3. The Kier molecular flexibility index (Phi) is 4.94. The summed E-state index contributed by atoms with van der Waals surface area (Å²) in [5.74, 6) is -0.965. The van der Waals surface area contributed by atoms with Gasteiger partial charge >= 0.3 is 6.03 Å². The number of amides is 4. The van der Waals surface area contributed by atoms with Crippen LogP contribution in [-0.4, -0.2) is 28.5 Å². The third-order valence-electron chi connectivity index (χ3n) is 5.35. The van der Waals surface area contributed by atoms with Gasteiger partial charge in [0, 0.05) is 34.6 Å². The fourth-order valence-corrected chi connectivity index (χ4v) is 3.79. The molecule has 2 heterocycles. The fourth-order valence-electron chi connectivity index (χ4n) is 3.79. The average molecular weight is 453 g/mol. The number of anilines is 2. The predicted molar refractivity (Wildman–Crippen MR) is 125 cm³/mol. The Balaban J connectivity index is 1.59. The minimum absolute atomic E-state index is 0.0228. The van der Waals surface area contributed by atoms with Gasteiger partial charge in [-0.2, -0.15) is 4.99 Å². The summed E-state index contributed by atoms with van der Waals surface area (Å²) in [5, 5.41) is 19.4. The number of urea groups is 1. The molecule has 0 fully saturated rings. The highest BCUT2D eigenvalue weighted by Gasteiger charge is 2.30. The number of non-ortho nitro benzene ring substituents is 1. The number of hydrogen-bond acceptors (Lipinski definition) is 6. The van der Waals surface area contributed by atoms with Crippen molar-refractivity contribution in [1.29, 1.82) is 0 Å². The van der Waals surface area contributed by atoms with Crippen molar-refractivity contribution in [2.24, 2.45) is 4.99 Å².